The van der Waals surface area contributed by atoms with Crippen LogP contribution in [-0.2, 0) is 4.79 Å². The molecule has 0 atom stereocenters. The van der Waals surface area contributed by atoms with Gasteiger partial charge in [0.1, 0.15) is 0 Å². The summed E-state index contributed by atoms with van der Waals surface area (Å²) in [6, 6.07) is 11.2. The summed E-state index contributed by atoms with van der Waals surface area (Å²) in [5.74, 6) is 1.23. The molecule has 0 bridgehead atoms. The van der Waals surface area contributed by atoms with Crippen molar-refractivity contribution in [1.29, 1.82) is 0 Å². The maximum atomic E-state index is 12.0. The number of hydrogen-bond acceptors (Lipinski definition) is 4. The third kappa shape index (κ3) is 4.39. The first-order valence-electron chi connectivity index (χ1n) is 7.25. The van der Waals surface area contributed by atoms with Crippen molar-refractivity contribution in [3.63, 3.8) is 0 Å². The van der Waals surface area contributed by atoms with E-state index in [0.717, 1.165) is 16.8 Å². The molecule has 0 heterocycles. The molecule has 0 aliphatic carbocycles. The third-order valence-corrected chi connectivity index (χ3v) is 3.29. The van der Waals surface area contributed by atoms with Crippen LogP contribution >= 0.6 is 0 Å². The van der Waals surface area contributed by atoms with Crippen LogP contribution in [0.3, 0.4) is 0 Å². The minimum absolute atomic E-state index is 0.135. The average Bonchev–Trinajstić information content (AvgIpc) is 2.54. The lowest BCUT2D eigenvalue weighted by Crippen LogP contribution is -2.20. The average molecular weight is 315 g/mol. The van der Waals surface area contributed by atoms with Crippen LogP contribution in [-0.4, -0.2) is 26.7 Å². The molecule has 0 aromatic heterocycles. The van der Waals surface area contributed by atoms with Crippen LogP contribution in [0.4, 0.5) is 5.69 Å². The molecule has 0 saturated carbocycles. The van der Waals surface area contributed by atoms with Gasteiger partial charge in [0.2, 0.25) is 5.75 Å². The molecule has 1 N–H and O–H groups in total. The summed E-state index contributed by atoms with van der Waals surface area (Å²) in [6.45, 7) is 3.78. The molecule has 5 nitrogen and oxygen atoms in total. The van der Waals surface area contributed by atoms with Gasteiger partial charge in [-0.15, -0.1) is 0 Å². The largest absolute Gasteiger partial charge is 0.493 e. The lowest BCUT2D eigenvalue weighted by atomic mass is 10.2. The van der Waals surface area contributed by atoms with Crippen molar-refractivity contribution >= 4 is 11.6 Å². The van der Waals surface area contributed by atoms with Gasteiger partial charge in [0.05, 0.1) is 14.2 Å². The van der Waals surface area contributed by atoms with Crippen LogP contribution in [0.1, 0.15) is 11.1 Å². The Hall–Kier alpha value is -2.69. The first kappa shape index (κ1) is 16.7. The zero-order valence-corrected chi connectivity index (χ0v) is 13.8. The highest BCUT2D eigenvalue weighted by atomic mass is 16.5. The van der Waals surface area contributed by atoms with Crippen molar-refractivity contribution in [1.82, 2.24) is 0 Å². The fraction of sp³-hybridized carbons (Fsp3) is 0.278. The number of rotatable bonds is 6. The van der Waals surface area contributed by atoms with Gasteiger partial charge >= 0.3 is 0 Å². The van der Waals surface area contributed by atoms with Crippen LogP contribution in [0.5, 0.6) is 17.2 Å². The molecule has 1 amide bonds. The topological polar surface area (TPSA) is 56.8 Å². The highest BCUT2D eigenvalue weighted by molar-refractivity contribution is 5.91. The highest BCUT2D eigenvalue weighted by Gasteiger charge is 2.14. The minimum Gasteiger partial charge on any atom is -0.493 e. The monoisotopic (exact) mass is 315 g/mol. The van der Waals surface area contributed by atoms with Gasteiger partial charge in [-0.05, 0) is 43.7 Å². The summed E-state index contributed by atoms with van der Waals surface area (Å²) in [5, 5.41) is 2.78. The first-order valence-corrected chi connectivity index (χ1v) is 7.25. The van der Waals surface area contributed by atoms with Crippen molar-refractivity contribution in [2.24, 2.45) is 0 Å². The number of nitrogens with one attached hydrogen (secondary N) is 1. The van der Waals surface area contributed by atoms with Crippen molar-refractivity contribution < 1.29 is 19.0 Å². The van der Waals surface area contributed by atoms with Gasteiger partial charge in [0, 0.05) is 5.69 Å². The van der Waals surface area contributed by atoms with Gasteiger partial charge in [0.25, 0.3) is 5.91 Å². The number of amides is 1. The van der Waals surface area contributed by atoms with Crippen molar-refractivity contribution in [2.75, 3.05) is 26.1 Å². The maximum absolute atomic E-state index is 12.0. The molecule has 0 unspecified atom stereocenters. The first-order chi connectivity index (χ1) is 11.0. The van der Waals surface area contributed by atoms with E-state index in [4.69, 9.17) is 14.2 Å². The van der Waals surface area contributed by atoms with Crippen LogP contribution in [0, 0.1) is 13.8 Å². The molecule has 0 saturated heterocycles. The normalized spacial score (nSPS) is 10.1. The van der Waals surface area contributed by atoms with Crippen LogP contribution < -0.4 is 19.5 Å². The van der Waals surface area contributed by atoms with E-state index in [9.17, 15) is 4.79 Å². The second-order valence-electron chi connectivity index (χ2n) is 5.20. The molecule has 2 aromatic carbocycles. The number of hydrogen-bond donors (Lipinski definition) is 1. The number of carbonyl (C=O) groups is 1. The number of ether oxygens (including phenoxy) is 3. The number of anilines is 1. The number of benzene rings is 2. The Kier molecular flexibility index (Phi) is 5.46. The van der Waals surface area contributed by atoms with E-state index in [1.54, 1.807) is 14.2 Å². The molecule has 0 aliphatic heterocycles. The Labute approximate surface area is 136 Å². The SMILES string of the molecule is COc1cc(C)cc(OC)c1OCC(=O)Nc1ccc(C)cc1. The smallest absolute Gasteiger partial charge is 0.262 e. The summed E-state index contributed by atoms with van der Waals surface area (Å²) in [7, 11) is 3.10. The van der Waals surface area contributed by atoms with Crippen LogP contribution in [0.2, 0.25) is 0 Å². The van der Waals surface area contributed by atoms with Crippen LogP contribution in [0.15, 0.2) is 36.4 Å². The molecule has 2 rings (SSSR count). The molecule has 23 heavy (non-hydrogen) atoms. The molecule has 0 aliphatic rings. The summed E-state index contributed by atoms with van der Waals surface area (Å²) < 4.78 is 16.2. The maximum Gasteiger partial charge on any atom is 0.262 e. The van der Waals surface area contributed by atoms with E-state index in [1.807, 2.05) is 50.2 Å². The fourth-order valence-corrected chi connectivity index (χ4v) is 2.12. The zero-order valence-electron chi connectivity index (χ0n) is 13.8. The van der Waals surface area contributed by atoms with Crippen molar-refractivity contribution in [3.8, 4) is 17.2 Å². The van der Waals surface area contributed by atoms with Gasteiger partial charge in [-0.2, -0.15) is 0 Å². The zero-order chi connectivity index (χ0) is 16.8. The second kappa shape index (κ2) is 7.54. The summed E-state index contributed by atoms with van der Waals surface area (Å²) in [6.07, 6.45) is 0. The highest BCUT2D eigenvalue weighted by Crippen LogP contribution is 2.38. The van der Waals surface area contributed by atoms with E-state index in [2.05, 4.69) is 5.32 Å². The lowest BCUT2D eigenvalue weighted by Gasteiger charge is -2.15. The fourth-order valence-electron chi connectivity index (χ4n) is 2.12. The van der Waals surface area contributed by atoms with Gasteiger partial charge in [-0.25, -0.2) is 0 Å². The lowest BCUT2D eigenvalue weighted by molar-refractivity contribution is -0.118. The number of methoxy groups -OCH3 is 2. The molecule has 2 aromatic rings. The molecule has 122 valence electrons. The molecular weight excluding hydrogens is 294 g/mol. The van der Waals surface area contributed by atoms with Crippen molar-refractivity contribution in [2.45, 2.75) is 13.8 Å². The second-order valence-corrected chi connectivity index (χ2v) is 5.20. The standard InChI is InChI=1S/C18H21NO4/c1-12-5-7-14(8-6-12)19-17(20)11-23-18-15(21-3)9-13(2)10-16(18)22-4/h5-10H,11H2,1-4H3,(H,19,20). The Morgan fingerprint density at radius 1 is 0.957 bits per heavy atom. The van der Waals surface area contributed by atoms with Crippen LogP contribution in [0.25, 0.3) is 0 Å². The molecule has 5 heteroatoms. The Balaban J connectivity index is 2.05. The van der Waals surface area contributed by atoms with Gasteiger partial charge in [-0.1, -0.05) is 17.7 Å². The molecular formula is C18H21NO4. The Bertz CT molecular complexity index is 655. The number of aryl methyl sites for hydroxylation is 2. The van der Waals surface area contributed by atoms with Crippen molar-refractivity contribution in [3.05, 3.63) is 47.5 Å². The predicted octanol–water partition coefficient (Wildman–Crippen LogP) is 3.34. The van der Waals surface area contributed by atoms with E-state index in [0.29, 0.717) is 17.2 Å². The van der Waals surface area contributed by atoms with Gasteiger partial charge in [0.15, 0.2) is 18.1 Å². The quantitative estimate of drug-likeness (QED) is 0.888. The van der Waals surface area contributed by atoms with Gasteiger partial charge < -0.3 is 19.5 Å². The predicted molar refractivity (Wildman–Crippen MR) is 89.6 cm³/mol. The number of carbonyl (C=O) groups excluding carboxylic acids is 1. The summed E-state index contributed by atoms with van der Waals surface area (Å²) >= 11 is 0. The summed E-state index contributed by atoms with van der Waals surface area (Å²) in [5.41, 5.74) is 2.84. The molecule has 0 spiro atoms. The van der Waals surface area contributed by atoms with Gasteiger partial charge in [-0.3, -0.25) is 4.79 Å². The van der Waals surface area contributed by atoms with E-state index >= 15 is 0 Å². The summed E-state index contributed by atoms with van der Waals surface area (Å²) in [4.78, 5) is 12.0. The van der Waals surface area contributed by atoms with E-state index in [-0.39, 0.29) is 12.5 Å². The Morgan fingerprint density at radius 3 is 2.04 bits per heavy atom. The molecule has 0 radical (unpaired) electrons. The van der Waals surface area contributed by atoms with E-state index in [1.165, 1.54) is 0 Å². The Morgan fingerprint density at radius 2 is 1.52 bits per heavy atom. The third-order valence-electron chi connectivity index (χ3n) is 3.29. The molecule has 0 fully saturated rings. The van der Waals surface area contributed by atoms with E-state index < -0.39 is 0 Å². The minimum atomic E-state index is -0.251.